The molecule has 140 valence electrons. The van der Waals surface area contributed by atoms with Gasteiger partial charge in [0, 0.05) is 27.4 Å². The van der Waals surface area contributed by atoms with Gasteiger partial charge in [0.05, 0.1) is 12.2 Å². The maximum atomic E-state index is 11.2. The van der Waals surface area contributed by atoms with Gasteiger partial charge in [-0.15, -0.1) is 0 Å². The molecule has 0 radical (unpaired) electrons. The molecule has 6 nitrogen and oxygen atoms in total. The third kappa shape index (κ3) is 3.75. The molecular weight excluding hydrogens is 328 g/mol. The molecule has 1 fully saturated rings. The lowest BCUT2D eigenvalue weighted by atomic mass is 9.88. The van der Waals surface area contributed by atoms with Crippen molar-refractivity contribution < 1.29 is 27.9 Å². The van der Waals surface area contributed by atoms with Gasteiger partial charge in [-0.2, -0.15) is 0 Å². The highest BCUT2D eigenvalue weighted by Gasteiger charge is 2.68. The molecule has 7 heteroatoms. The Morgan fingerprint density at radius 2 is 1.92 bits per heavy atom. The van der Waals surface area contributed by atoms with Crippen LogP contribution in [0.4, 0.5) is 0 Å². The van der Waals surface area contributed by atoms with Gasteiger partial charge in [0.15, 0.2) is 0 Å². The Labute approximate surface area is 146 Å². The molecule has 0 bridgehead atoms. The zero-order valence-electron chi connectivity index (χ0n) is 15.7. The molecule has 0 aromatic heterocycles. The molecular formula is C17H32O6Si. The first-order valence-corrected chi connectivity index (χ1v) is 10.5. The van der Waals surface area contributed by atoms with Gasteiger partial charge < -0.3 is 23.1 Å². The van der Waals surface area contributed by atoms with E-state index >= 15 is 0 Å². The summed E-state index contributed by atoms with van der Waals surface area (Å²) in [6.07, 6.45) is 4.66. The number of ether oxygens (including phenoxy) is 3. The lowest BCUT2D eigenvalue weighted by Gasteiger charge is -2.57. The van der Waals surface area contributed by atoms with E-state index in [1.54, 1.807) is 21.3 Å². The Bertz CT molecular complexity index is 425. The average Bonchev–Trinajstić information content (AvgIpc) is 2.60. The highest BCUT2D eigenvalue weighted by molar-refractivity contribution is 6.71. The number of carbonyl (C=O) groups excluding carboxylic acids is 1. The number of hydrogen-bond acceptors (Lipinski definition) is 6. The van der Waals surface area contributed by atoms with Crippen molar-refractivity contribution in [1.29, 1.82) is 0 Å². The van der Waals surface area contributed by atoms with Crippen molar-refractivity contribution in [3.8, 4) is 0 Å². The largest absolute Gasteiger partial charge is 0.460 e. The first kappa shape index (κ1) is 21.3. The topological polar surface area (TPSA) is 63.2 Å². The predicted octanol–water partition coefficient (Wildman–Crippen LogP) is 2.74. The van der Waals surface area contributed by atoms with E-state index in [1.807, 2.05) is 0 Å². The van der Waals surface area contributed by atoms with Crippen molar-refractivity contribution in [2.75, 3.05) is 34.5 Å². The van der Waals surface area contributed by atoms with Gasteiger partial charge in [-0.3, -0.25) is 0 Å². The first-order valence-electron chi connectivity index (χ1n) is 8.49. The summed E-state index contributed by atoms with van der Waals surface area (Å²) in [6.45, 7) is 8.03. The minimum Gasteiger partial charge on any atom is -0.460 e. The quantitative estimate of drug-likeness (QED) is 0.258. The maximum Gasteiger partial charge on any atom is 0.373 e. The van der Waals surface area contributed by atoms with Crippen LogP contribution in [0.3, 0.4) is 0 Å². The number of carbonyl (C=O) groups is 1. The molecule has 1 saturated heterocycles. The third-order valence-electron chi connectivity index (χ3n) is 5.15. The molecule has 1 rings (SSSR count). The van der Waals surface area contributed by atoms with Crippen molar-refractivity contribution in [3.63, 3.8) is 0 Å². The molecule has 0 spiro atoms. The summed E-state index contributed by atoms with van der Waals surface area (Å²) in [4.78, 5) is 11.2. The third-order valence-corrected chi connectivity index (χ3v) is 9.70. The van der Waals surface area contributed by atoms with Gasteiger partial charge in [-0.05, 0) is 32.2 Å². The second-order valence-corrected chi connectivity index (χ2v) is 9.88. The first-order chi connectivity index (χ1) is 11.4. The summed E-state index contributed by atoms with van der Waals surface area (Å²) >= 11 is 0. The van der Waals surface area contributed by atoms with Crippen LogP contribution in [0.25, 0.3) is 0 Å². The van der Waals surface area contributed by atoms with Crippen molar-refractivity contribution >= 4 is 14.5 Å². The minimum absolute atomic E-state index is 0.181. The van der Waals surface area contributed by atoms with Gasteiger partial charge in [0.2, 0.25) is 0 Å². The van der Waals surface area contributed by atoms with Crippen LogP contribution in [0.2, 0.25) is 6.04 Å². The highest BCUT2D eigenvalue weighted by Crippen LogP contribution is 2.50. The standard InChI is InChI=1S/C17H32O6Si/c1-7-10-17(19-4)16(3,23-13-12-22-15(18)8-2)11-9-14-24(17,20-5)21-6/h8H,2,7,9-14H2,1,3-6H3. The molecule has 0 N–H and O–H groups in total. The molecule has 2 unspecified atom stereocenters. The highest BCUT2D eigenvalue weighted by atomic mass is 28.4. The van der Waals surface area contributed by atoms with Crippen LogP contribution in [0.5, 0.6) is 0 Å². The van der Waals surface area contributed by atoms with E-state index in [1.165, 1.54) is 0 Å². The molecule has 0 aromatic rings. The number of rotatable bonds is 10. The van der Waals surface area contributed by atoms with E-state index in [0.29, 0.717) is 6.61 Å². The molecule has 0 saturated carbocycles. The van der Waals surface area contributed by atoms with E-state index in [0.717, 1.165) is 37.8 Å². The SMILES string of the molecule is C=CC(=O)OCCOC1(C)CCC[Si](OC)(OC)C1(CCC)OC. The van der Waals surface area contributed by atoms with Crippen molar-refractivity contribution in [3.05, 3.63) is 12.7 Å². The summed E-state index contributed by atoms with van der Waals surface area (Å²) in [5.74, 6) is -0.448. The van der Waals surface area contributed by atoms with Crippen LogP contribution >= 0.6 is 0 Å². The predicted molar refractivity (Wildman–Crippen MR) is 94.0 cm³/mol. The lowest BCUT2D eigenvalue weighted by Crippen LogP contribution is -2.75. The second-order valence-electron chi connectivity index (χ2n) is 6.25. The van der Waals surface area contributed by atoms with Gasteiger partial charge in [-0.1, -0.05) is 19.9 Å². The lowest BCUT2D eigenvalue weighted by molar-refractivity contribution is -0.188. The molecule has 0 aliphatic carbocycles. The van der Waals surface area contributed by atoms with Crippen LogP contribution in [-0.2, 0) is 27.9 Å². The van der Waals surface area contributed by atoms with E-state index < -0.39 is 25.4 Å². The summed E-state index contributed by atoms with van der Waals surface area (Å²) in [5, 5.41) is -0.612. The Morgan fingerprint density at radius 1 is 1.25 bits per heavy atom. The van der Waals surface area contributed by atoms with Crippen molar-refractivity contribution in [2.45, 2.75) is 56.4 Å². The zero-order chi connectivity index (χ0) is 18.3. The number of hydrogen-bond donors (Lipinski definition) is 0. The minimum atomic E-state index is -2.63. The van der Waals surface area contributed by atoms with E-state index in [9.17, 15) is 4.79 Å². The maximum absolute atomic E-state index is 11.2. The van der Waals surface area contributed by atoms with Gasteiger partial charge >= 0.3 is 14.5 Å². The molecule has 1 heterocycles. The Kier molecular flexibility index (Phi) is 8.08. The van der Waals surface area contributed by atoms with E-state index in [4.69, 9.17) is 23.1 Å². The summed E-state index contributed by atoms with van der Waals surface area (Å²) in [6, 6.07) is 0.873. The number of methoxy groups -OCH3 is 1. The van der Waals surface area contributed by atoms with Crippen molar-refractivity contribution in [2.24, 2.45) is 0 Å². The average molecular weight is 361 g/mol. The normalized spacial score (nSPS) is 29.2. The van der Waals surface area contributed by atoms with E-state index in [2.05, 4.69) is 20.4 Å². The molecule has 2 atom stereocenters. The van der Waals surface area contributed by atoms with Crippen molar-refractivity contribution in [1.82, 2.24) is 0 Å². The van der Waals surface area contributed by atoms with Crippen LogP contribution in [0.1, 0.15) is 39.5 Å². The molecule has 1 aliphatic heterocycles. The summed E-state index contributed by atoms with van der Waals surface area (Å²) in [5.41, 5.74) is -0.561. The number of esters is 1. The second kappa shape index (κ2) is 9.10. The Hall–Kier alpha value is -0.733. The fourth-order valence-electron chi connectivity index (χ4n) is 4.02. The van der Waals surface area contributed by atoms with E-state index in [-0.39, 0.29) is 6.61 Å². The smallest absolute Gasteiger partial charge is 0.373 e. The van der Waals surface area contributed by atoms with Crippen LogP contribution in [0.15, 0.2) is 12.7 Å². The summed E-state index contributed by atoms with van der Waals surface area (Å²) in [7, 11) is 2.49. The molecule has 0 aromatic carbocycles. The monoisotopic (exact) mass is 360 g/mol. The fourth-order valence-corrected chi connectivity index (χ4v) is 8.24. The summed E-state index contributed by atoms with van der Waals surface area (Å²) < 4.78 is 29.3. The van der Waals surface area contributed by atoms with Gasteiger partial charge in [0.25, 0.3) is 0 Å². The van der Waals surface area contributed by atoms with Crippen LogP contribution in [-0.4, -0.2) is 59.9 Å². The van der Waals surface area contributed by atoms with Crippen LogP contribution < -0.4 is 0 Å². The molecule has 1 aliphatic rings. The van der Waals surface area contributed by atoms with Gasteiger partial charge in [-0.25, -0.2) is 4.79 Å². The Morgan fingerprint density at radius 3 is 2.42 bits per heavy atom. The van der Waals surface area contributed by atoms with Crippen LogP contribution in [0, 0.1) is 0 Å². The molecule has 0 amide bonds. The Balaban J connectivity index is 3.02. The van der Waals surface area contributed by atoms with Gasteiger partial charge in [0.1, 0.15) is 11.8 Å². The molecule has 24 heavy (non-hydrogen) atoms. The zero-order valence-corrected chi connectivity index (χ0v) is 16.7. The fraction of sp³-hybridized carbons (Fsp3) is 0.824.